The minimum atomic E-state index is 0.518. The van der Waals surface area contributed by atoms with E-state index >= 15 is 0 Å². The molecule has 3 aromatic rings. The molecule has 0 aliphatic carbocycles. The van der Waals surface area contributed by atoms with Gasteiger partial charge in [-0.1, -0.05) is 0 Å². The molecule has 3 aromatic heterocycles. The highest BCUT2D eigenvalue weighted by Gasteiger charge is 2.26. The second kappa shape index (κ2) is 6.35. The molecule has 0 amide bonds. The van der Waals surface area contributed by atoms with E-state index in [4.69, 9.17) is 0 Å². The maximum Gasteiger partial charge on any atom is 0.225 e. The van der Waals surface area contributed by atoms with E-state index in [1.54, 1.807) is 31.0 Å². The number of aromatic nitrogens is 6. The molecule has 0 aromatic carbocycles. The average molecular weight is 321 g/mol. The van der Waals surface area contributed by atoms with Crippen molar-refractivity contribution in [1.29, 1.82) is 0 Å². The topological polar surface area (TPSA) is 72.6 Å². The number of rotatable bonds is 4. The summed E-state index contributed by atoms with van der Waals surface area (Å²) >= 11 is 0. The van der Waals surface area contributed by atoms with Crippen molar-refractivity contribution in [3.8, 4) is 11.5 Å². The Bertz CT molecular complexity index is 815. The molecule has 24 heavy (non-hydrogen) atoms. The zero-order valence-corrected chi connectivity index (χ0v) is 13.6. The summed E-state index contributed by atoms with van der Waals surface area (Å²) in [7, 11) is 1.98. The summed E-state index contributed by atoms with van der Waals surface area (Å²) < 4.78 is 1.98. The molecule has 1 fully saturated rings. The lowest BCUT2D eigenvalue weighted by Crippen LogP contribution is -2.22. The zero-order valence-electron chi connectivity index (χ0n) is 13.6. The summed E-state index contributed by atoms with van der Waals surface area (Å²) in [4.78, 5) is 24.4. The van der Waals surface area contributed by atoms with E-state index in [0.717, 1.165) is 49.1 Å². The van der Waals surface area contributed by atoms with E-state index in [1.807, 2.05) is 23.9 Å². The van der Waals surface area contributed by atoms with Crippen LogP contribution in [-0.2, 0) is 13.5 Å². The van der Waals surface area contributed by atoms with Crippen LogP contribution in [0.15, 0.2) is 43.2 Å². The lowest BCUT2D eigenvalue weighted by molar-refractivity contribution is 0.576. The molecular formula is C17H19N7. The number of aryl methyl sites for hydroxylation is 1. The van der Waals surface area contributed by atoms with Crippen LogP contribution in [0, 0.1) is 5.92 Å². The van der Waals surface area contributed by atoms with Gasteiger partial charge in [0.2, 0.25) is 5.95 Å². The highest BCUT2D eigenvalue weighted by molar-refractivity contribution is 5.53. The lowest BCUT2D eigenvalue weighted by Gasteiger charge is -2.16. The van der Waals surface area contributed by atoms with Gasteiger partial charge in [-0.2, -0.15) is 0 Å². The summed E-state index contributed by atoms with van der Waals surface area (Å²) in [5, 5.41) is 0. The third kappa shape index (κ3) is 2.84. The quantitative estimate of drug-likeness (QED) is 0.729. The number of hydrogen-bond acceptors (Lipinski definition) is 6. The third-order valence-electron chi connectivity index (χ3n) is 4.41. The lowest BCUT2D eigenvalue weighted by atomic mass is 10.0. The molecule has 7 nitrogen and oxygen atoms in total. The van der Waals surface area contributed by atoms with Crippen molar-refractivity contribution < 1.29 is 0 Å². The second-order valence-electron chi connectivity index (χ2n) is 6.07. The van der Waals surface area contributed by atoms with Gasteiger partial charge in [-0.25, -0.2) is 19.9 Å². The molecule has 0 unspecified atom stereocenters. The van der Waals surface area contributed by atoms with Crippen molar-refractivity contribution in [2.45, 2.75) is 12.8 Å². The molecule has 1 saturated heterocycles. The first-order chi connectivity index (χ1) is 11.8. The van der Waals surface area contributed by atoms with Crippen molar-refractivity contribution in [3.05, 3.63) is 48.9 Å². The van der Waals surface area contributed by atoms with Crippen LogP contribution >= 0.6 is 0 Å². The van der Waals surface area contributed by atoms with Crippen LogP contribution in [0.2, 0.25) is 0 Å². The van der Waals surface area contributed by atoms with Crippen LogP contribution in [-0.4, -0.2) is 42.6 Å². The second-order valence-corrected chi connectivity index (χ2v) is 6.07. The van der Waals surface area contributed by atoms with Gasteiger partial charge >= 0.3 is 0 Å². The molecule has 0 bridgehead atoms. The van der Waals surface area contributed by atoms with Gasteiger partial charge in [0.15, 0.2) is 5.82 Å². The smallest absolute Gasteiger partial charge is 0.225 e. The van der Waals surface area contributed by atoms with Crippen LogP contribution in [0.3, 0.4) is 0 Å². The Morgan fingerprint density at radius 3 is 2.62 bits per heavy atom. The summed E-state index contributed by atoms with van der Waals surface area (Å²) in [6.45, 7) is 1.92. The molecule has 4 heterocycles. The standard InChI is InChI=1S/C17H19N7/c1-23-10-8-20-16(23)15-14(18-6-7-19-15)11-13-3-9-24(12-13)17-21-4-2-5-22-17/h2,4-8,10,13H,3,9,11-12H2,1H3/t13-/m0/s1. The van der Waals surface area contributed by atoms with Crippen molar-refractivity contribution in [2.24, 2.45) is 13.0 Å². The molecular weight excluding hydrogens is 302 g/mol. The number of hydrogen-bond donors (Lipinski definition) is 0. The normalized spacial score (nSPS) is 17.4. The Morgan fingerprint density at radius 1 is 1.00 bits per heavy atom. The third-order valence-corrected chi connectivity index (χ3v) is 4.41. The van der Waals surface area contributed by atoms with Gasteiger partial charge < -0.3 is 9.47 Å². The predicted molar refractivity (Wildman–Crippen MR) is 90.3 cm³/mol. The summed E-state index contributed by atoms with van der Waals surface area (Å²) in [6, 6.07) is 1.84. The number of imidazole rings is 1. The van der Waals surface area contributed by atoms with E-state index in [9.17, 15) is 0 Å². The monoisotopic (exact) mass is 321 g/mol. The first-order valence-corrected chi connectivity index (χ1v) is 8.11. The number of anilines is 1. The fourth-order valence-electron chi connectivity index (χ4n) is 3.21. The van der Waals surface area contributed by atoms with Crippen molar-refractivity contribution >= 4 is 5.95 Å². The van der Waals surface area contributed by atoms with Gasteiger partial charge in [0, 0.05) is 57.3 Å². The zero-order chi connectivity index (χ0) is 16.4. The molecule has 7 heteroatoms. The van der Waals surface area contributed by atoms with Gasteiger partial charge in [0.1, 0.15) is 5.69 Å². The highest BCUT2D eigenvalue weighted by Crippen LogP contribution is 2.26. The number of nitrogens with zero attached hydrogens (tertiary/aromatic N) is 7. The van der Waals surface area contributed by atoms with E-state index in [0.29, 0.717) is 5.92 Å². The van der Waals surface area contributed by atoms with Crippen LogP contribution in [0.4, 0.5) is 5.95 Å². The molecule has 1 atom stereocenters. The maximum absolute atomic E-state index is 4.57. The van der Waals surface area contributed by atoms with E-state index in [2.05, 4.69) is 29.8 Å². The molecule has 1 aliphatic rings. The Morgan fingerprint density at radius 2 is 1.83 bits per heavy atom. The maximum atomic E-state index is 4.57. The molecule has 0 spiro atoms. The fraction of sp³-hybridized carbons (Fsp3) is 0.353. The molecule has 0 saturated carbocycles. The average Bonchev–Trinajstić information content (AvgIpc) is 3.25. The molecule has 0 N–H and O–H groups in total. The molecule has 1 aliphatic heterocycles. The van der Waals surface area contributed by atoms with Crippen molar-refractivity contribution in [1.82, 2.24) is 29.5 Å². The predicted octanol–water partition coefficient (Wildman–Crippen LogP) is 1.74. The SMILES string of the molecule is Cn1ccnc1-c1nccnc1C[C@@H]1CCN(c2ncccn2)C1. The van der Waals surface area contributed by atoms with Crippen LogP contribution in [0.25, 0.3) is 11.5 Å². The molecule has 0 radical (unpaired) electrons. The van der Waals surface area contributed by atoms with Gasteiger partial charge in [0.25, 0.3) is 0 Å². The van der Waals surface area contributed by atoms with Crippen LogP contribution in [0.5, 0.6) is 0 Å². The Labute approximate surface area is 140 Å². The van der Waals surface area contributed by atoms with Gasteiger partial charge in [0.05, 0.1) is 5.69 Å². The largest absolute Gasteiger partial charge is 0.341 e. The Balaban J connectivity index is 1.52. The summed E-state index contributed by atoms with van der Waals surface area (Å²) in [5.41, 5.74) is 1.88. The summed E-state index contributed by atoms with van der Waals surface area (Å²) in [6.07, 6.45) is 12.8. The highest BCUT2D eigenvalue weighted by atomic mass is 15.3. The first-order valence-electron chi connectivity index (χ1n) is 8.11. The van der Waals surface area contributed by atoms with E-state index in [-0.39, 0.29) is 0 Å². The first kappa shape index (κ1) is 14.7. The minimum Gasteiger partial charge on any atom is -0.341 e. The van der Waals surface area contributed by atoms with Crippen LogP contribution < -0.4 is 4.90 Å². The van der Waals surface area contributed by atoms with E-state index in [1.165, 1.54) is 0 Å². The fourth-order valence-corrected chi connectivity index (χ4v) is 3.21. The van der Waals surface area contributed by atoms with Crippen molar-refractivity contribution in [2.75, 3.05) is 18.0 Å². The van der Waals surface area contributed by atoms with Crippen molar-refractivity contribution in [3.63, 3.8) is 0 Å². The minimum absolute atomic E-state index is 0.518. The van der Waals surface area contributed by atoms with Gasteiger partial charge in [-0.15, -0.1) is 0 Å². The van der Waals surface area contributed by atoms with Gasteiger partial charge in [-0.3, -0.25) is 4.98 Å². The Hall–Kier alpha value is -2.83. The van der Waals surface area contributed by atoms with Crippen LogP contribution in [0.1, 0.15) is 12.1 Å². The molecule has 4 rings (SSSR count). The van der Waals surface area contributed by atoms with Gasteiger partial charge in [-0.05, 0) is 24.8 Å². The van der Waals surface area contributed by atoms with E-state index < -0.39 is 0 Å². The Kier molecular flexibility index (Phi) is 3.90. The summed E-state index contributed by atoms with van der Waals surface area (Å²) in [5.74, 6) is 2.19. The molecule has 122 valence electrons.